The van der Waals surface area contributed by atoms with E-state index in [1.807, 2.05) is 29.8 Å². The van der Waals surface area contributed by atoms with Crippen LogP contribution in [0.2, 0.25) is 0 Å². The molecule has 0 N–H and O–H groups in total. The van der Waals surface area contributed by atoms with Crippen molar-refractivity contribution < 1.29 is 4.79 Å². The Bertz CT molecular complexity index is 545. The number of aryl methyl sites for hydroxylation is 1. The van der Waals surface area contributed by atoms with Crippen LogP contribution in [0, 0.1) is 18.8 Å². The summed E-state index contributed by atoms with van der Waals surface area (Å²) in [6, 6.07) is 0.204. The van der Waals surface area contributed by atoms with Gasteiger partial charge in [0.25, 0.3) is 0 Å². The molecule has 3 rings (SSSR count). The molecule has 2 fully saturated rings. The van der Waals surface area contributed by atoms with E-state index in [1.165, 1.54) is 24.4 Å². The summed E-state index contributed by atoms with van der Waals surface area (Å²) in [5.41, 5.74) is 1.28. The van der Waals surface area contributed by atoms with Crippen molar-refractivity contribution in [3.8, 4) is 0 Å². The molecule has 1 aromatic heterocycles. The van der Waals surface area contributed by atoms with Gasteiger partial charge < -0.3 is 14.4 Å². The first kappa shape index (κ1) is 16.3. The molecule has 0 spiro atoms. The first-order chi connectivity index (χ1) is 11.1. The number of hydrogen-bond donors (Lipinski definition) is 0. The lowest BCUT2D eigenvalue weighted by Gasteiger charge is -2.26. The summed E-state index contributed by atoms with van der Waals surface area (Å²) in [6.07, 6.45) is 6.84. The Hall–Kier alpha value is -1.52. The van der Waals surface area contributed by atoms with Crippen LogP contribution in [0.15, 0.2) is 6.20 Å². The predicted octanol–water partition coefficient (Wildman–Crippen LogP) is 2.93. The molecule has 2 aliphatic rings. The average Bonchev–Trinajstić information content (AvgIpc) is 3.15. The third-order valence-electron chi connectivity index (χ3n) is 5.34. The second-order valence-corrected chi connectivity index (χ2v) is 7.13. The smallest absolute Gasteiger partial charge is 0.319 e. The molecule has 1 saturated heterocycles. The number of rotatable bonds is 6. The Morgan fingerprint density at radius 1 is 1.26 bits per heavy atom. The van der Waals surface area contributed by atoms with Crippen molar-refractivity contribution in [3.63, 3.8) is 0 Å². The predicted molar refractivity (Wildman–Crippen MR) is 91.4 cm³/mol. The fourth-order valence-electron chi connectivity index (χ4n) is 3.61. The number of nitrogens with zero attached hydrogens (tertiary/aromatic N) is 4. The fraction of sp³-hybridized carbons (Fsp3) is 0.778. The zero-order valence-corrected chi connectivity index (χ0v) is 14.8. The molecule has 0 radical (unpaired) electrons. The molecule has 1 atom stereocenters. The summed E-state index contributed by atoms with van der Waals surface area (Å²) >= 11 is 0. The van der Waals surface area contributed by atoms with E-state index in [0.29, 0.717) is 5.92 Å². The van der Waals surface area contributed by atoms with Crippen molar-refractivity contribution in [2.45, 2.75) is 53.0 Å². The first-order valence-corrected chi connectivity index (χ1v) is 9.17. The Kier molecular flexibility index (Phi) is 4.93. The molecule has 5 nitrogen and oxygen atoms in total. The highest BCUT2D eigenvalue weighted by molar-refractivity contribution is 5.74. The largest absolute Gasteiger partial charge is 0.332 e. The zero-order chi connectivity index (χ0) is 16.4. The van der Waals surface area contributed by atoms with E-state index in [0.717, 1.165) is 51.5 Å². The van der Waals surface area contributed by atoms with E-state index < -0.39 is 0 Å². The van der Waals surface area contributed by atoms with Crippen LogP contribution in [0.3, 0.4) is 0 Å². The normalized spacial score (nSPS) is 21.0. The van der Waals surface area contributed by atoms with Crippen LogP contribution in [-0.4, -0.2) is 51.6 Å². The number of urea groups is 1. The fourth-order valence-corrected chi connectivity index (χ4v) is 3.61. The molecule has 2 amide bonds. The monoisotopic (exact) mass is 318 g/mol. The summed E-state index contributed by atoms with van der Waals surface area (Å²) in [4.78, 5) is 21.1. The van der Waals surface area contributed by atoms with Gasteiger partial charge in [-0.05, 0) is 51.9 Å². The molecular weight excluding hydrogens is 288 g/mol. The van der Waals surface area contributed by atoms with Gasteiger partial charge in [-0.1, -0.05) is 0 Å². The SMILES string of the molecule is CCN(CC)C(=O)N1CCC(Cc2ncc(C)n2CC2CC2)C1. The lowest BCUT2D eigenvalue weighted by atomic mass is 10.0. The minimum atomic E-state index is 0.204. The number of carbonyl (C=O) groups is 1. The van der Waals surface area contributed by atoms with Gasteiger partial charge in [0.1, 0.15) is 5.82 Å². The van der Waals surface area contributed by atoms with Crippen molar-refractivity contribution in [2.75, 3.05) is 26.2 Å². The Morgan fingerprint density at radius 2 is 2.00 bits per heavy atom. The van der Waals surface area contributed by atoms with E-state index >= 15 is 0 Å². The van der Waals surface area contributed by atoms with Gasteiger partial charge >= 0.3 is 6.03 Å². The molecule has 0 bridgehead atoms. The van der Waals surface area contributed by atoms with Gasteiger partial charge in [-0.15, -0.1) is 0 Å². The second-order valence-electron chi connectivity index (χ2n) is 7.13. The number of imidazole rings is 1. The van der Waals surface area contributed by atoms with Crippen LogP contribution in [-0.2, 0) is 13.0 Å². The average molecular weight is 318 g/mol. The van der Waals surface area contributed by atoms with Crippen LogP contribution in [0.25, 0.3) is 0 Å². The van der Waals surface area contributed by atoms with Crippen LogP contribution >= 0.6 is 0 Å². The number of aromatic nitrogens is 2. The van der Waals surface area contributed by atoms with Crippen molar-refractivity contribution >= 4 is 6.03 Å². The highest BCUT2D eigenvalue weighted by atomic mass is 16.2. The van der Waals surface area contributed by atoms with Gasteiger partial charge in [-0.2, -0.15) is 0 Å². The summed E-state index contributed by atoms with van der Waals surface area (Å²) < 4.78 is 2.41. The molecule has 1 aliphatic heterocycles. The lowest BCUT2D eigenvalue weighted by molar-refractivity contribution is 0.166. The maximum atomic E-state index is 12.5. The second kappa shape index (κ2) is 6.93. The maximum absolute atomic E-state index is 12.5. The number of amides is 2. The van der Waals surface area contributed by atoms with E-state index in [4.69, 9.17) is 0 Å². The van der Waals surface area contributed by atoms with Gasteiger partial charge in [0.2, 0.25) is 0 Å². The molecule has 1 unspecified atom stereocenters. The highest BCUT2D eigenvalue weighted by Crippen LogP contribution is 2.32. The third-order valence-corrected chi connectivity index (χ3v) is 5.34. The lowest BCUT2D eigenvalue weighted by Crippen LogP contribution is -2.42. The summed E-state index contributed by atoms with van der Waals surface area (Å²) in [5, 5.41) is 0. The highest BCUT2D eigenvalue weighted by Gasteiger charge is 2.30. The summed E-state index contributed by atoms with van der Waals surface area (Å²) in [6.45, 7) is 10.7. The van der Waals surface area contributed by atoms with Gasteiger partial charge in [0.15, 0.2) is 0 Å². The topological polar surface area (TPSA) is 41.4 Å². The van der Waals surface area contributed by atoms with Crippen molar-refractivity contribution in [1.29, 1.82) is 0 Å². The molecule has 128 valence electrons. The van der Waals surface area contributed by atoms with Gasteiger partial charge in [0, 0.05) is 51.0 Å². The summed E-state index contributed by atoms with van der Waals surface area (Å²) in [7, 11) is 0. The quantitative estimate of drug-likeness (QED) is 0.809. The molecular formula is C18H30N4O. The standard InChI is InChI=1S/C18H30N4O/c1-4-20(5-2)18(23)21-9-8-16(12-21)10-17-19-11-14(3)22(17)13-15-6-7-15/h11,15-16H,4-10,12-13H2,1-3H3. The van der Waals surface area contributed by atoms with Crippen molar-refractivity contribution in [1.82, 2.24) is 19.4 Å². The molecule has 23 heavy (non-hydrogen) atoms. The first-order valence-electron chi connectivity index (χ1n) is 9.17. The Morgan fingerprint density at radius 3 is 2.65 bits per heavy atom. The Labute approximate surface area is 139 Å². The van der Waals surface area contributed by atoms with Crippen molar-refractivity contribution in [2.24, 2.45) is 11.8 Å². The maximum Gasteiger partial charge on any atom is 0.319 e. The zero-order valence-electron chi connectivity index (χ0n) is 14.8. The van der Waals surface area contributed by atoms with E-state index in [-0.39, 0.29) is 6.03 Å². The van der Waals surface area contributed by atoms with Crippen LogP contribution in [0.4, 0.5) is 4.79 Å². The number of hydrogen-bond acceptors (Lipinski definition) is 2. The van der Waals surface area contributed by atoms with Gasteiger partial charge in [-0.25, -0.2) is 9.78 Å². The summed E-state index contributed by atoms with van der Waals surface area (Å²) in [5.74, 6) is 2.64. The van der Waals surface area contributed by atoms with Gasteiger partial charge in [-0.3, -0.25) is 0 Å². The number of likely N-dealkylation sites (tertiary alicyclic amines) is 1. The van der Waals surface area contributed by atoms with Crippen LogP contribution in [0.5, 0.6) is 0 Å². The minimum absolute atomic E-state index is 0.204. The molecule has 1 aromatic rings. The number of carbonyl (C=O) groups excluding carboxylic acids is 1. The van der Waals surface area contributed by atoms with Crippen molar-refractivity contribution in [3.05, 3.63) is 17.7 Å². The van der Waals surface area contributed by atoms with Crippen LogP contribution < -0.4 is 0 Å². The van der Waals surface area contributed by atoms with Gasteiger partial charge in [0.05, 0.1) is 0 Å². The molecule has 1 aliphatic carbocycles. The van der Waals surface area contributed by atoms with E-state index in [9.17, 15) is 4.79 Å². The van der Waals surface area contributed by atoms with E-state index in [1.54, 1.807) is 0 Å². The molecule has 5 heteroatoms. The minimum Gasteiger partial charge on any atom is -0.332 e. The van der Waals surface area contributed by atoms with Crippen LogP contribution in [0.1, 0.15) is 44.6 Å². The molecule has 1 saturated carbocycles. The third kappa shape index (κ3) is 3.70. The van der Waals surface area contributed by atoms with E-state index in [2.05, 4.69) is 16.5 Å². The molecule has 0 aromatic carbocycles. The molecule has 2 heterocycles. The Balaban J connectivity index is 1.59.